The summed E-state index contributed by atoms with van der Waals surface area (Å²) in [5.74, 6) is 0.922. The minimum absolute atomic E-state index is 0.202. The lowest BCUT2D eigenvalue weighted by Crippen LogP contribution is -2.38. The third kappa shape index (κ3) is 3.23. The van der Waals surface area contributed by atoms with Gasteiger partial charge < -0.3 is 10.5 Å². The minimum atomic E-state index is 0.202. The van der Waals surface area contributed by atoms with Crippen molar-refractivity contribution in [1.29, 1.82) is 0 Å². The van der Waals surface area contributed by atoms with Gasteiger partial charge in [0.2, 0.25) is 0 Å². The molecule has 1 aliphatic rings. The van der Waals surface area contributed by atoms with Crippen molar-refractivity contribution in [3.63, 3.8) is 0 Å². The first kappa shape index (κ1) is 12.9. The predicted molar refractivity (Wildman–Crippen MR) is 74.2 cm³/mol. The van der Waals surface area contributed by atoms with Gasteiger partial charge in [0.25, 0.3) is 0 Å². The molecular weight excluding hydrogens is 278 g/mol. The fourth-order valence-electron chi connectivity index (χ4n) is 2.50. The lowest BCUT2D eigenvalue weighted by molar-refractivity contribution is 0.105. The second kappa shape index (κ2) is 5.87. The predicted octanol–water partition coefficient (Wildman–Crippen LogP) is 3.74. The third-order valence-electron chi connectivity index (χ3n) is 3.72. The molecule has 2 rings (SSSR count). The molecule has 94 valence electrons. The van der Waals surface area contributed by atoms with Crippen LogP contribution in [0.5, 0.6) is 5.75 Å². The zero-order chi connectivity index (χ0) is 12.1. The molecule has 0 unspecified atom stereocenters. The van der Waals surface area contributed by atoms with Crippen LogP contribution < -0.4 is 10.5 Å². The van der Waals surface area contributed by atoms with Gasteiger partial charge in [0, 0.05) is 12.0 Å². The molecule has 1 fully saturated rings. The first-order chi connectivity index (χ1) is 8.26. The van der Waals surface area contributed by atoms with Crippen molar-refractivity contribution in [3.8, 4) is 5.75 Å². The number of halogens is 1. The van der Waals surface area contributed by atoms with Crippen molar-refractivity contribution in [2.45, 2.75) is 32.1 Å². The molecule has 1 aromatic carbocycles. The van der Waals surface area contributed by atoms with Gasteiger partial charge in [-0.3, -0.25) is 0 Å². The van der Waals surface area contributed by atoms with Gasteiger partial charge in [-0.25, -0.2) is 0 Å². The molecule has 1 aromatic rings. The highest BCUT2D eigenvalue weighted by Gasteiger charge is 2.31. The molecule has 2 N–H and O–H groups in total. The topological polar surface area (TPSA) is 35.2 Å². The van der Waals surface area contributed by atoms with Crippen molar-refractivity contribution >= 4 is 15.9 Å². The van der Waals surface area contributed by atoms with Crippen LogP contribution in [0.4, 0.5) is 0 Å². The van der Waals surface area contributed by atoms with E-state index in [2.05, 4.69) is 15.9 Å². The molecule has 0 bridgehead atoms. The highest BCUT2D eigenvalue weighted by atomic mass is 79.9. The number of para-hydroxylation sites is 1. The average molecular weight is 298 g/mol. The Bertz CT molecular complexity index is 361. The van der Waals surface area contributed by atoms with E-state index in [9.17, 15) is 0 Å². The van der Waals surface area contributed by atoms with E-state index in [1.165, 1.54) is 32.1 Å². The molecule has 0 heterocycles. The SMILES string of the molecule is NCC1(COc2ccccc2Br)CCCCC1. The van der Waals surface area contributed by atoms with Gasteiger partial charge in [0.15, 0.2) is 0 Å². The summed E-state index contributed by atoms with van der Waals surface area (Å²) in [6.45, 7) is 1.48. The summed E-state index contributed by atoms with van der Waals surface area (Å²) >= 11 is 3.50. The van der Waals surface area contributed by atoms with Crippen molar-refractivity contribution in [2.75, 3.05) is 13.2 Å². The maximum atomic E-state index is 5.95. The van der Waals surface area contributed by atoms with E-state index in [1.54, 1.807) is 0 Å². The first-order valence-electron chi connectivity index (χ1n) is 6.33. The average Bonchev–Trinajstić information content (AvgIpc) is 2.39. The largest absolute Gasteiger partial charge is 0.492 e. The standard InChI is InChI=1S/C14H20BrNO/c15-12-6-2-3-7-13(12)17-11-14(10-16)8-4-1-5-9-14/h2-3,6-7H,1,4-5,8-11,16H2. The first-order valence-corrected chi connectivity index (χ1v) is 7.12. The Hall–Kier alpha value is -0.540. The lowest BCUT2D eigenvalue weighted by atomic mass is 9.75. The molecule has 0 aromatic heterocycles. The number of nitrogens with two attached hydrogens (primary N) is 1. The van der Waals surface area contributed by atoms with Gasteiger partial charge in [0.1, 0.15) is 5.75 Å². The number of hydrogen-bond donors (Lipinski definition) is 1. The number of rotatable bonds is 4. The van der Waals surface area contributed by atoms with Gasteiger partial charge in [-0.15, -0.1) is 0 Å². The molecule has 3 heteroatoms. The van der Waals surface area contributed by atoms with Crippen LogP contribution >= 0.6 is 15.9 Å². The second-order valence-electron chi connectivity index (χ2n) is 4.98. The Morgan fingerprint density at radius 3 is 2.53 bits per heavy atom. The summed E-state index contributed by atoms with van der Waals surface area (Å²) in [5, 5.41) is 0. The van der Waals surface area contributed by atoms with Gasteiger partial charge >= 0.3 is 0 Å². The molecule has 0 aliphatic heterocycles. The normalized spacial score (nSPS) is 18.9. The van der Waals surface area contributed by atoms with Crippen LogP contribution in [0.25, 0.3) is 0 Å². The molecule has 2 nitrogen and oxygen atoms in total. The second-order valence-corrected chi connectivity index (χ2v) is 5.84. The summed E-state index contributed by atoms with van der Waals surface area (Å²) < 4.78 is 6.96. The molecule has 0 spiro atoms. The summed E-state index contributed by atoms with van der Waals surface area (Å²) in [6.07, 6.45) is 6.33. The van der Waals surface area contributed by atoms with E-state index in [0.717, 1.165) is 23.4 Å². The van der Waals surface area contributed by atoms with Crippen molar-refractivity contribution < 1.29 is 4.74 Å². The summed E-state index contributed by atoms with van der Waals surface area (Å²) in [4.78, 5) is 0. The Morgan fingerprint density at radius 2 is 1.88 bits per heavy atom. The molecule has 0 saturated heterocycles. The number of hydrogen-bond acceptors (Lipinski definition) is 2. The zero-order valence-corrected chi connectivity index (χ0v) is 11.7. The van der Waals surface area contributed by atoms with E-state index in [1.807, 2.05) is 24.3 Å². The fraction of sp³-hybridized carbons (Fsp3) is 0.571. The molecule has 0 radical (unpaired) electrons. The van der Waals surface area contributed by atoms with Crippen LogP contribution in [0.3, 0.4) is 0 Å². The molecular formula is C14H20BrNO. The monoisotopic (exact) mass is 297 g/mol. The van der Waals surface area contributed by atoms with Gasteiger partial charge in [-0.1, -0.05) is 31.4 Å². The smallest absolute Gasteiger partial charge is 0.133 e. The Balaban J connectivity index is 1.98. The molecule has 0 atom stereocenters. The maximum absolute atomic E-state index is 5.95. The van der Waals surface area contributed by atoms with E-state index >= 15 is 0 Å². The number of benzene rings is 1. The third-order valence-corrected chi connectivity index (χ3v) is 4.37. The highest BCUT2D eigenvalue weighted by molar-refractivity contribution is 9.10. The van der Waals surface area contributed by atoms with Crippen molar-refractivity contribution in [1.82, 2.24) is 0 Å². The van der Waals surface area contributed by atoms with Crippen LogP contribution in [-0.2, 0) is 0 Å². The summed E-state index contributed by atoms with van der Waals surface area (Å²) in [7, 11) is 0. The lowest BCUT2D eigenvalue weighted by Gasteiger charge is -2.35. The summed E-state index contributed by atoms with van der Waals surface area (Å²) in [6, 6.07) is 7.99. The van der Waals surface area contributed by atoms with Crippen LogP contribution in [0.15, 0.2) is 28.7 Å². The van der Waals surface area contributed by atoms with Crippen LogP contribution in [0.1, 0.15) is 32.1 Å². The Morgan fingerprint density at radius 1 is 1.18 bits per heavy atom. The van der Waals surface area contributed by atoms with E-state index in [4.69, 9.17) is 10.5 Å². The Labute approximate surface area is 112 Å². The van der Waals surface area contributed by atoms with E-state index < -0.39 is 0 Å². The van der Waals surface area contributed by atoms with E-state index in [0.29, 0.717) is 0 Å². The van der Waals surface area contributed by atoms with Crippen LogP contribution in [0, 0.1) is 5.41 Å². The van der Waals surface area contributed by atoms with Crippen LogP contribution in [0.2, 0.25) is 0 Å². The van der Waals surface area contributed by atoms with E-state index in [-0.39, 0.29) is 5.41 Å². The molecule has 0 amide bonds. The van der Waals surface area contributed by atoms with Gasteiger partial charge in [-0.2, -0.15) is 0 Å². The number of ether oxygens (including phenoxy) is 1. The maximum Gasteiger partial charge on any atom is 0.133 e. The quantitative estimate of drug-likeness (QED) is 0.919. The summed E-state index contributed by atoms with van der Waals surface area (Å²) in [5.41, 5.74) is 6.15. The van der Waals surface area contributed by atoms with Gasteiger partial charge in [-0.05, 0) is 40.9 Å². The van der Waals surface area contributed by atoms with Crippen LogP contribution in [-0.4, -0.2) is 13.2 Å². The minimum Gasteiger partial charge on any atom is -0.492 e. The molecule has 17 heavy (non-hydrogen) atoms. The zero-order valence-electron chi connectivity index (χ0n) is 10.1. The molecule has 1 saturated carbocycles. The molecule has 1 aliphatic carbocycles. The fourth-order valence-corrected chi connectivity index (χ4v) is 2.90. The highest BCUT2D eigenvalue weighted by Crippen LogP contribution is 2.36. The van der Waals surface area contributed by atoms with Crippen molar-refractivity contribution in [3.05, 3.63) is 28.7 Å². The van der Waals surface area contributed by atoms with Crippen molar-refractivity contribution in [2.24, 2.45) is 11.1 Å². The van der Waals surface area contributed by atoms with Gasteiger partial charge in [0.05, 0.1) is 11.1 Å². The Kier molecular flexibility index (Phi) is 4.46.